The van der Waals surface area contributed by atoms with Crippen LogP contribution in [0.1, 0.15) is 15.9 Å². The summed E-state index contributed by atoms with van der Waals surface area (Å²) >= 11 is 3.33. The quantitative estimate of drug-likeness (QED) is 0.828. The topological polar surface area (TPSA) is 66.4 Å². The summed E-state index contributed by atoms with van der Waals surface area (Å²) in [6.07, 6.45) is 3.02. The summed E-state index contributed by atoms with van der Waals surface area (Å²) in [5.74, 6) is -1.46. The molecule has 2 rings (SSSR count). The fourth-order valence-corrected chi connectivity index (χ4v) is 1.96. The molecule has 21 heavy (non-hydrogen) atoms. The number of aromatic carboxylic acids is 1. The second-order valence-electron chi connectivity index (χ2n) is 4.22. The van der Waals surface area contributed by atoms with Gasteiger partial charge in [0.05, 0.1) is 11.3 Å². The number of halogens is 1. The Labute approximate surface area is 130 Å². The molecule has 4 nitrogen and oxygen atoms in total. The number of hydrogen-bond donors (Lipinski definition) is 2. The Morgan fingerprint density at radius 2 is 1.71 bits per heavy atom. The van der Waals surface area contributed by atoms with Crippen molar-refractivity contribution in [3.8, 4) is 0 Å². The van der Waals surface area contributed by atoms with E-state index in [4.69, 9.17) is 5.11 Å². The minimum absolute atomic E-state index is 0.0582. The Hall–Kier alpha value is -2.40. The molecule has 0 saturated heterocycles. The van der Waals surface area contributed by atoms with E-state index >= 15 is 0 Å². The maximum atomic E-state index is 11.8. The molecule has 0 aromatic heterocycles. The number of hydrogen-bond acceptors (Lipinski definition) is 2. The molecule has 0 spiro atoms. The van der Waals surface area contributed by atoms with Gasteiger partial charge in [0.25, 0.3) is 0 Å². The second kappa shape index (κ2) is 6.85. The Morgan fingerprint density at radius 3 is 2.38 bits per heavy atom. The standard InChI is InChI=1S/C16H12BrNO3/c17-12-8-5-11(6-9-12)7-10-15(19)18-14-4-2-1-3-13(14)16(20)21/h1-10H,(H,18,19)(H,20,21)/b10-7+. The minimum atomic E-state index is -1.08. The molecule has 0 heterocycles. The molecule has 0 aliphatic carbocycles. The zero-order chi connectivity index (χ0) is 15.2. The van der Waals surface area contributed by atoms with Crippen molar-refractivity contribution < 1.29 is 14.7 Å². The lowest BCUT2D eigenvalue weighted by Gasteiger charge is -2.05. The first kappa shape index (κ1) is 15.0. The van der Waals surface area contributed by atoms with Crippen LogP contribution in [0.2, 0.25) is 0 Å². The lowest BCUT2D eigenvalue weighted by Crippen LogP contribution is -2.11. The van der Waals surface area contributed by atoms with Crippen molar-refractivity contribution in [2.24, 2.45) is 0 Å². The van der Waals surface area contributed by atoms with Crippen LogP contribution in [0, 0.1) is 0 Å². The molecule has 1 amide bonds. The molecule has 0 bridgehead atoms. The molecule has 2 N–H and O–H groups in total. The van der Waals surface area contributed by atoms with Crippen LogP contribution < -0.4 is 5.32 Å². The third kappa shape index (κ3) is 4.29. The molecule has 5 heteroatoms. The molecule has 0 unspecified atom stereocenters. The van der Waals surface area contributed by atoms with Crippen molar-refractivity contribution in [1.82, 2.24) is 0 Å². The highest BCUT2D eigenvalue weighted by atomic mass is 79.9. The summed E-state index contributed by atoms with van der Waals surface area (Å²) in [4.78, 5) is 22.9. The minimum Gasteiger partial charge on any atom is -0.478 e. The molecular weight excluding hydrogens is 334 g/mol. The molecular formula is C16H12BrNO3. The summed E-state index contributed by atoms with van der Waals surface area (Å²) in [7, 11) is 0. The summed E-state index contributed by atoms with van der Waals surface area (Å²) in [6, 6.07) is 13.7. The van der Waals surface area contributed by atoms with Gasteiger partial charge in [-0.2, -0.15) is 0 Å². The molecule has 0 radical (unpaired) electrons. The maximum Gasteiger partial charge on any atom is 0.337 e. The van der Waals surface area contributed by atoms with Crippen LogP contribution in [0.4, 0.5) is 5.69 Å². The van der Waals surface area contributed by atoms with Crippen molar-refractivity contribution >= 4 is 39.6 Å². The fourth-order valence-electron chi connectivity index (χ4n) is 1.70. The van der Waals surface area contributed by atoms with Gasteiger partial charge in [0, 0.05) is 10.5 Å². The summed E-state index contributed by atoms with van der Waals surface area (Å²) in [6.45, 7) is 0. The van der Waals surface area contributed by atoms with Crippen molar-refractivity contribution in [3.05, 3.63) is 70.2 Å². The zero-order valence-corrected chi connectivity index (χ0v) is 12.5. The van der Waals surface area contributed by atoms with Gasteiger partial charge in [0.2, 0.25) is 5.91 Å². The Balaban J connectivity index is 2.08. The van der Waals surface area contributed by atoms with Gasteiger partial charge in [-0.15, -0.1) is 0 Å². The van der Waals surface area contributed by atoms with Gasteiger partial charge in [0.1, 0.15) is 0 Å². The predicted molar refractivity (Wildman–Crippen MR) is 85.2 cm³/mol. The number of amides is 1. The number of nitrogens with one attached hydrogen (secondary N) is 1. The van der Waals surface area contributed by atoms with Crippen LogP contribution in [0.3, 0.4) is 0 Å². The number of rotatable bonds is 4. The normalized spacial score (nSPS) is 10.5. The van der Waals surface area contributed by atoms with Crippen LogP contribution in [-0.2, 0) is 4.79 Å². The highest BCUT2D eigenvalue weighted by Gasteiger charge is 2.09. The molecule has 0 fully saturated rings. The Bertz CT molecular complexity index is 693. The van der Waals surface area contributed by atoms with Crippen LogP contribution in [-0.4, -0.2) is 17.0 Å². The van der Waals surface area contributed by atoms with Gasteiger partial charge in [-0.3, -0.25) is 4.79 Å². The van der Waals surface area contributed by atoms with Crippen LogP contribution in [0.5, 0.6) is 0 Å². The zero-order valence-electron chi connectivity index (χ0n) is 10.9. The van der Waals surface area contributed by atoms with E-state index in [1.54, 1.807) is 24.3 Å². The maximum absolute atomic E-state index is 11.8. The van der Waals surface area contributed by atoms with E-state index in [1.165, 1.54) is 12.1 Å². The molecule has 0 aliphatic rings. The van der Waals surface area contributed by atoms with E-state index in [-0.39, 0.29) is 17.2 Å². The first-order valence-electron chi connectivity index (χ1n) is 6.13. The first-order valence-corrected chi connectivity index (χ1v) is 6.92. The number of benzene rings is 2. The van der Waals surface area contributed by atoms with E-state index in [2.05, 4.69) is 21.2 Å². The van der Waals surface area contributed by atoms with Crippen molar-refractivity contribution in [1.29, 1.82) is 0 Å². The predicted octanol–water partition coefficient (Wildman–Crippen LogP) is 3.80. The van der Waals surface area contributed by atoms with Gasteiger partial charge >= 0.3 is 5.97 Å². The largest absolute Gasteiger partial charge is 0.478 e. The lowest BCUT2D eigenvalue weighted by atomic mass is 10.1. The lowest BCUT2D eigenvalue weighted by molar-refractivity contribution is -0.111. The summed E-state index contributed by atoms with van der Waals surface area (Å²) in [5, 5.41) is 11.6. The van der Waals surface area contributed by atoms with Gasteiger partial charge in [0.15, 0.2) is 0 Å². The third-order valence-corrected chi connectivity index (χ3v) is 3.24. The summed E-state index contributed by atoms with van der Waals surface area (Å²) in [5.41, 5.74) is 1.21. The van der Waals surface area contributed by atoms with Crippen molar-refractivity contribution in [3.63, 3.8) is 0 Å². The number of carboxylic acid groups (broad SMARTS) is 1. The van der Waals surface area contributed by atoms with E-state index in [0.29, 0.717) is 0 Å². The Morgan fingerprint density at radius 1 is 1.05 bits per heavy atom. The van der Waals surface area contributed by atoms with Crippen LogP contribution in [0.25, 0.3) is 6.08 Å². The molecule has 2 aromatic rings. The Kier molecular flexibility index (Phi) is 4.90. The number of carboxylic acids is 1. The van der Waals surface area contributed by atoms with Gasteiger partial charge < -0.3 is 10.4 Å². The van der Waals surface area contributed by atoms with E-state index in [9.17, 15) is 9.59 Å². The average Bonchev–Trinajstić information content (AvgIpc) is 2.47. The molecule has 0 aliphatic heterocycles. The molecule has 2 aromatic carbocycles. The highest BCUT2D eigenvalue weighted by molar-refractivity contribution is 9.10. The monoisotopic (exact) mass is 345 g/mol. The third-order valence-electron chi connectivity index (χ3n) is 2.71. The number of carbonyl (C=O) groups is 2. The number of carbonyl (C=O) groups excluding carboxylic acids is 1. The smallest absolute Gasteiger partial charge is 0.337 e. The molecule has 0 atom stereocenters. The van der Waals surface area contributed by atoms with E-state index in [0.717, 1.165) is 10.0 Å². The van der Waals surface area contributed by atoms with Gasteiger partial charge in [-0.1, -0.05) is 40.2 Å². The first-order chi connectivity index (χ1) is 10.1. The van der Waals surface area contributed by atoms with Gasteiger partial charge in [-0.05, 0) is 35.9 Å². The number of anilines is 1. The van der Waals surface area contributed by atoms with Crippen LogP contribution in [0.15, 0.2) is 59.1 Å². The molecule has 0 saturated carbocycles. The molecule has 106 valence electrons. The second-order valence-corrected chi connectivity index (χ2v) is 5.14. The van der Waals surface area contributed by atoms with Gasteiger partial charge in [-0.25, -0.2) is 4.79 Å². The fraction of sp³-hybridized carbons (Fsp3) is 0. The van der Waals surface area contributed by atoms with Crippen LogP contribution >= 0.6 is 15.9 Å². The summed E-state index contributed by atoms with van der Waals surface area (Å²) < 4.78 is 0.958. The SMILES string of the molecule is O=C(/C=C/c1ccc(Br)cc1)Nc1ccccc1C(=O)O. The van der Waals surface area contributed by atoms with E-state index < -0.39 is 5.97 Å². The van der Waals surface area contributed by atoms with E-state index in [1.807, 2.05) is 24.3 Å². The average molecular weight is 346 g/mol. The highest BCUT2D eigenvalue weighted by Crippen LogP contribution is 2.15. The van der Waals surface area contributed by atoms with Crippen molar-refractivity contribution in [2.75, 3.05) is 5.32 Å². The number of para-hydroxylation sites is 1. The van der Waals surface area contributed by atoms with Crippen molar-refractivity contribution in [2.45, 2.75) is 0 Å².